The maximum atomic E-state index is 13.3. The topological polar surface area (TPSA) is 98.3 Å². The van der Waals surface area contributed by atoms with Gasteiger partial charge in [-0.1, -0.05) is 0 Å². The number of amides is 1. The van der Waals surface area contributed by atoms with Gasteiger partial charge < -0.3 is 11.1 Å². The number of nitrogens with two attached hydrogens (primary N) is 1. The molecule has 1 atom stereocenters. The maximum Gasteiger partial charge on any atom is 0.273 e. The lowest BCUT2D eigenvalue weighted by Crippen LogP contribution is -2.53. The van der Waals surface area contributed by atoms with Crippen molar-refractivity contribution >= 4 is 11.6 Å². The molecule has 0 aliphatic heterocycles. The number of nitro groups is 1. The Kier molecular flexibility index (Phi) is 3.71. The molecule has 1 unspecified atom stereocenters. The Balaban J connectivity index is 2.22. The number of rotatable bonds is 5. The lowest BCUT2D eigenvalue weighted by molar-refractivity contribution is -0.385. The largest absolute Gasteiger partial charge is 0.345 e. The number of carbonyl (C=O) groups is 1. The number of carbonyl (C=O) groups excluding carboxylic acids is 1. The summed E-state index contributed by atoms with van der Waals surface area (Å²) >= 11 is 0. The van der Waals surface area contributed by atoms with E-state index in [1.54, 1.807) is 0 Å². The van der Waals surface area contributed by atoms with Gasteiger partial charge in [-0.3, -0.25) is 14.9 Å². The first-order valence-corrected chi connectivity index (χ1v) is 6.33. The van der Waals surface area contributed by atoms with Crippen LogP contribution in [0.4, 0.5) is 10.1 Å². The van der Waals surface area contributed by atoms with Crippen molar-refractivity contribution in [3.05, 3.63) is 39.7 Å². The van der Waals surface area contributed by atoms with Gasteiger partial charge in [0.1, 0.15) is 5.82 Å². The number of nitrogens with zero attached hydrogens (tertiary/aromatic N) is 1. The molecule has 1 amide bonds. The third-order valence-electron chi connectivity index (χ3n) is 3.66. The van der Waals surface area contributed by atoms with Gasteiger partial charge in [-0.25, -0.2) is 4.39 Å². The van der Waals surface area contributed by atoms with Crippen LogP contribution >= 0.6 is 0 Å². The quantitative estimate of drug-likeness (QED) is 0.632. The molecule has 1 fully saturated rings. The molecule has 1 aromatic rings. The van der Waals surface area contributed by atoms with Gasteiger partial charge in [0.25, 0.3) is 11.6 Å². The first-order chi connectivity index (χ1) is 9.35. The number of nitrogens with one attached hydrogen (secondary N) is 1. The Morgan fingerprint density at radius 1 is 1.55 bits per heavy atom. The summed E-state index contributed by atoms with van der Waals surface area (Å²) in [5.74, 6) is -1.06. The molecule has 0 bridgehead atoms. The standard InChI is InChI=1S/C13H16FN3O3/c1-13(7-15,9-2-3-9)16-12(18)8-4-10(14)6-11(5-8)17(19)20/h4-6,9H,2-3,7,15H2,1H3,(H,16,18). The number of nitro benzene ring substituents is 1. The fraction of sp³-hybridized carbons (Fsp3) is 0.462. The summed E-state index contributed by atoms with van der Waals surface area (Å²) in [4.78, 5) is 22.1. The predicted octanol–water partition coefficient (Wildman–Crippen LogP) is 1.59. The highest BCUT2D eigenvalue weighted by molar-refractivity contribution is 5.95. The Bertz CT molecular complexity index is 560. The predicted molar refractivity (Wildman–Crippen MR) is 70.7 cm³/mol. The molecule has 0 spiro atoms. The van der Waals surface area contributed by atoms with Crippen LogP contribution in [0.5, 0.6) is 0 Å². The van der Waals surface area contributed by atoms with E-state index in [4.69, 9.17) is 5.73 Å². The van der Waals surface area contributed by atoms with E-state index in [1.807, 2.05) is 6.92 Å². The molecule has 3 N–H and O–H groups in total. The summed E-state index contributed by atoms with van der Waals surface area (Å²) in [5.41, 5.74) is 4.61. The highest BCUT2D eigenvalue weighted by Gasteiger charge is 2.41. The minimum Gasteiger partial charge on any atom is -0.345 e. The van der Waals surface area contributed by atoms with Crippen molar-refractivity contribution in [1.82, 2.24) is 5.32 Å². The number of benzene rings is 1. The molecule has 1 aliphatic carbocycles. The lowest BCUT2D eigenvalue weighted by atomic mass is 9.95. The Hall–Kier alpha value is -2.02. The van der Waals surface area contributed by atoms with Crippen molar-refractivity contribution < 1.29 is 14.1 Å². The first-order valence-electron chi connectivity index (χ1n) is 6.33. The van der Waals surface area contributed by atoms with E-state index in [1.165, 1.54) is 0 Å². The summed E-state index contributed by atoms with van der Waals surface area (Å²) in [7, 11) is 0. The second-order valence-corrected chi connectivity index (χ2v) is 5.31. The number of hydrogen-bond acceptors (Lipinski definition) is 4. The molecule has 6 nitrogen and oxygen atoms in total. The third kappa shape index (κ3) is 2.93. The second-order valence-electron chi connectivity index (χ2n) is 5.31. The SMILES string of the molecule is CC(CN)(NC(=O)c1cc(F)cc([N+](=O)[O-])c1)C1CC1. The monoisotopic (exact) mass is 281 g/mol. The highest BCUT2D eigenvalue weighted by atomic mass is 19.1. The zero-order chi connectivity index (χ0) is 14.9. The zero-order valence-electron chi connectivity index (χ0n) is 11.1. The van der Waals surface area contributed by atoms with Crippen LogP contribution < -0.4 is 11.1 Å². The average molecular weight is 281 g/mol. The van der Waals surface area contributed by atoms with Crippen molar-refractivity contribution in [2.24, 2.45) is 11.7 Å². The Morgan fingerprint density at radius 2 is 2.20 bits per heavy atom. The molecule has 2 rings (SSSR count). The molecule has 0 aromatic heterocycles. The van der Waals surface area contributed by atoms with Gasteiger partial charge in [0, 0.05) is 18.2 Å². The van der Waals surface area contributed by atoms with Gasteiger partial charge in [-0.15, -0.1) is 0 Å². The van der Waals surface area contributed by atoms with E-state index in [-0.39, 0.29) is 12.1 Å². The molecular formula is C13H16FN3O3. The molecular weight excluding hydrogens is 265 g/mol. The van der Waals surface area contributed by atoms with Crippen LogP contribution in [0, 0.1) is 21.8 Å². The lowest BCUT2D eigenvalue weighted by Gasteiger charge is -2.29. The van der Waals surface area contributed by atoms with Crippen molar-refractivity contribution in [2.45, 2.75) is 25.3 Å². The number of non-ortho nitro benzene ring substituents is 1. The van der Waals surface area contributed by atoms with Crippen LogP contribution in [0.1, 0.15) is 30.1 Å². The maximum absolute atomic E-state index is 13.3. The fourth-order valence-corrected chi connectivity index (χ4v) is 2.18. The molecule has 7 heteroatoms. The van der Waals surface area contributed by atoms with Crippen LogP contribution in [0.25, 0.3) is 0 Å². The van der Waals surface area contributed by atoms with E-state index in [2.05, 4.69) is 5.32 Å². The minimum atomic E-state index is -0.815. The van der Waals surface area contributed by atoms with Gasteiger partial charge in [0.05, 0.1) is 16.5 Å². The highest BCUT2D eigenvalue weighted by Crippen LogP contribution is 2.39. The van der Waals surface area contributed by atoms with Crippen LogP contribution in [-0.2, 0) is 0 Å². The molecule has 108 valence electrons. The van der Waals surface area contributed by atoms with E-state index >= 15 is 0 Å². The van der Waals surface area contributed by atoms with Gasteiger partial charge in [-0.2, -0.15) is 0 Å². The molecule has 0 radical (unpaired) electrons. The van der Waals surface area contributed by atoms with Crippen molar-refractivity contribution in [3.63, 3.8) is 0 Å². The van der Waals surface area contributed by atoms with Gasteiger partial charge >= 0.3 is 0 Å². The third-order valence-corrected chi connectivity index (χ3v) is 3.66. The van der Waals surface area contributed by atoms with Crippen LogP contribution in [0.15, 0.2) is 18.2 Å². The minimum absolute atomic E-state index is 0.0722. The second kappa shape index (κ2) is 5.16. The Morgan fingerprint density at radius 3 is 2.70 bits per heavy atom. The smallest absolute Gasteiger partial charge is 0.273 e. The zero-order valence-corrected chi connectivity index (χ0v) is 11.1. The molecule has 20 heavy (non-hydrogen) atoms. The summed E-state index contributed by atoms with van der Waals surface area (Å²) in [5, 5.41) is 13.4. The average Bonchev–Trinajstić information content (AvgIpc) is 3.22. The number of hydrogen-bond donors (Lipinski definition) is 2. The summed E-state index contributed by atoms with van der Waals surface area (Å²) in [6.07, 6.45) is 1.97. The van der Waals surface area contributed by atoms with E-state index < -0.39 is 27.9 Å². The van der Waals surface area contributed by atoms with E-state index in [0.29, 0.717) is 5.92 Å². The van der Waals surface area contributed by atoms with Crippen molar-refractivity contribution in [3.8, 4) is 0 Å². The van der Waals surface area contributed by atoms with Gasteiger partial charge in [0.2, 0.25) is 0 Å². The van der Waals surface area contributed by atoms with Crippen LogP contribution in [0.2, 0.25) is 0 Å². The summed E-state index contributed by atoms with van der Waals surface area (Å²) in [6.45, 7) is 2.09. The molecule has 1 saturated carbocycles. The van der Waals surface area contributed by atoms with Gasteiger partial charge in [0.15, 0.2) is 0 Å². The summed E-state index contributed by atoms with van der Waals surface area (Å²) in [6, 6.07) is 2.81. The van der Waals surface area contributed by atoms with E-state index in [9.17, 15) is 19.3 Å². The summed E-state index contributed by atoms with van der Waals surface area (Å²) < 4.78 is 13.3. The van der Waals surface area contributed by atoms with Gasteiger partial charge in [-0.05, 0) is 31.7 Å². The van der Waals surface area contributed by atoms with Crippen LogP contribution in [-0.4, -0.2) is 22.9 Å². The van der Waals surface area contributed by atoms with E-state index in [0.717, 1.165) is 31.0 Å². The molecule has 1 aromatic carbocycles. The molecule has 0 heterocycles. The first kappa shape index (κ1) is 14.4. The molecule has 1 aliphatic rings. The number of halogens is 1. The molecule has 0 saturated heterocycles. The van der Waals surface area contributed by atoms with Crippen molar-refractivity contribution in [1.29, 1.82) is 0 Å². The fourth-order valence-electron chi connectivity index (χ4n) is 2.18. The normalized spacial score (nSPS) is 17.4. The van der Waals surface area contributed by atoms with Crippen LogP contribution in [0.3, 0.4) is 0 Å². The van der Waals surface area contributed by atoms with Crippen molar-refractivity contribution in [2.75, 3.05) is 6.54 Å². The Labute approximate surface area is 115 Å².